The van der Waals surface area contributed by atoms with Crippen LogP contribution in [0.3, 0.4) is 0 Å². The number of nitrogens with zero attached hydrogens (tertiary/aromatic N) is 1. The summed E-state index contributed by atoms with van der Waals surface area (Å²) in [5.74, 6) is -0.153. The molecule has 1 N–H and O–H groups in total. The number of hydrogen-bond donors (Lipinski definition) is 1. The van der Waals surface area contributed by atoms with Crippen molar-refractivity contribution >= 4 is 11.8 Å². The van der Waals surface area contributed by atoms with Crippen LogP contribution in [0.2, 0.25) is 0 Å². The van der Waals surface area contributed by atoms with Gasteiger partial charge in [-0.25, -0.2) is 0 Å². The molecule has 33 heavy (non-hydrogen) atoms. The Kier molecular flexibility index (Phi) is 8.82. The van der Waals surface area contributed by atoms with Crippen molar-refractivity contribution in [2.45, 2.75) is 52.6 Å². The molecule has 3 aromatic carbocycles. The Balaban J connectivity index is 1.93. The highest BCUT2D eigenvalue weighted by atomic mass is 16.2. The van der Waals surface area contributed by atoms with Crippen LogP contribution in [0.1, 0.15) is 41.2 Å². The van der Waals surface area contributed by atoms with Crippen LogP contribution in [0, 0.1) is 13.8 Å². The Labute approximate surface area is 197 Å². The number of rotatable bonds is 10. The van der Waals surface area contributed by atoms with Crippen LogP contribution in [-0.4, -0.2) is 29.3 Å². The zero-order valence-corrected chi connectivity index (χ0v) is 19.9. The van der Waals surface area contributed by atoms with E-state index in [2.05, 4.69) is 31.3 Å². The predicted molar refractivity (Wildman–Crippen MR) is 134 cm³/mol. The third-order valence-electron chi connectivity index (χ3n) is 5.94. The first-order valence-electron chi connectivity index (χ1n) is 11.7. The van der Waals surface area contributed by atoms with Crippen LogP contribution < -0.4 is 5.32 Å². The zero-order valence-electron chi connectivity index (χ0n) is 19.9. The van der Waals surface area contributed by atoms with E-state index >= 15 is 0 Å². The first-order chi connectivity index (χ1) is 16.0. The summed E-state index contributed by atoms with van der Waals surface area (Å²) >= 11 is 0. The van der Waals surface area contributed by atoms with Gasteiger partial charge in [-0.2, -0.15) is 0 Å². The number of carbonyl (C=O) groups is 2. The summed E-state index contributed by atoms with van der Waals surface area (Å²) in [6.07, 6.45) is 1.58. The van der Waals surface area contributed by atoms with E-state index in [0.717, 1.165) is 28.7 Å². The smallest absolute Gasteiger partial charge is 0.243 e. The van der Waals surface area contributed by atoms with Gasteiger partial charge in [0.05, 0.1) is 6.42 Å². The minimum atomic E-state index is -0.585. The third kappa shape index (κ3) is 7.04. The standard InChI is InChI=1S/C29H34N2O2/c1-4-17-30-29(33)27(19-24-11-7-5-8-12-24)31(21-25-13-9-6-10-14-25)28(32)20-26-16-15-22(2)23(3)18-26/h5-16,18,27H,4,17,19-21H2,1-3H3,(H,30,33)/t27-/m0/s1. The molecule has 0 radical (unpaired) electrons. The third-order valence-corrected chi connectivity index (χ3v) is 5.94. The molecule has 0 fully saturated rings. The Morgan fingerprint density at radius 3 is 2.06 bits per heavy atom. The van der Waals surface area contributed by atoms with Gasteiger partial charge in [0.2, 0.25) is 11.8 Å². The van der Waals surface area contributed by atoms with Crippen LogP contribution in [0.5, 0.6) is 0 Å². The van der Waals surface area contributed by atoms with Crippen molar-refractivity contribution in [3.05, 3.63) is 107 Å². The first kappa shape index (κ1) is 24.2. The molecule has 0 aliphatic carbocycles. The molecule has 4 nitrogen and oxygen atoms in total. The average molecular weight is 443 g/mol. The predicted octanol–water partition coefficient (Wildman–Crippen LogP) is 5.01. The molecule has 4 heteroatoms. The van der Waals surface area contributed by atoms with Crippen molar-refractivity contribution in [3.8, 4) is 0 Å². The van der Waals surface area contributed by atoms with Crippen LogP contribution in [0.15, 0.2) is 78.9 Å². The van der Waals surface area contributed by atoms with Crippen LogP contribution >= 0.6 is 0 Å². The topological polar surface area (TPSA) is 49.4 Å². The number of carbonyl (C=O) groups excluding carboxylic acids is 2. The lowest BCUT2D eigenvalue weighted by Gasteiger charge is -2.31. The van der Waals surface area contributed by atoms with Gasteiger partial charge in [0.25, 0.3) is 0 Å². The van der Waals surface area contributed by atoms with Gasteiger partial charge in [0.1, 0.15) is 6.04 Å². The maximum Gasteiger partial charge on any atom is 0.243 e. The van der Waals surface area contributed by atoms with Crippen molar-refractivity contribution < 1.29 is 9.59 Å². The second kappa shape index (κ2) is 12.0. The van der Waals surface area contributed by atoms with E-state index in [1.54, 1.807) is 4.90 Å². The lowest BCUT2D eigenvalue weighted by atomic mass is 10.00. The molecule has 1 atom stereocenters. The van der Waals surface area contributed by atoms with Gasteiger partial charge >= 0.3 is 0 Å². The van der Waals surface area contributed by atoms with E-state index in [0.29, 0.717) is 19.5 Å². The van der Waals surface area contributed by atoms with Crippen LogP contribution in [0.4, 0.5) is 0 Å². The molecular formula is C29H34N2O2. The van der Waals surface area contributed by atoms with Crippen LogP contribution in [-0.2, 0) is 29.0 Å². The Morgan fingerprint density at radius 1 is 0.818 bits per heavy atom. The maximum absolute atomic E-state index is 13.7. The molecule has 3 rings (SSSR count). The molecule has 0 bridgehead atoms. The van der Waals surface area contributed by atoms with Gasteiger partial charge in [0.15, 0.2) is 0 Å². The zero-order chi connectivity index (χ0) is 23.6. The fraction of sp³-hybridized carbons (Fsp3) is 0.310. The van der Waals surface area contributed by atoms with Crippen molar-refractivity contribution in [1.82, 2.24) is 10.2 Å². The molecule has 0 saturated heterocycles. The molecule has 0 unspecified atom stereocenters. The Hall–Kier alpha value is -3.40. The second-order valence-electron chi connectivity index (χ2n) is 8.60. The summed E-state index contributed by atoms with van der Waals surface area (Å²) in [6, 6.07) is 25.3. The molecule has 172 valence electrons. The molecule has 0 aliphatic heterocycles. The Bertz CT molecular complexity index is 1050. The van der Waals surface area contributed by atoms with E-state index in [1.165, 1.54) is 5.56 Å². The lowest BCUT2D eigenvalue weighted by Crippen LogP contribution is -2.51. The Morgan fingerprint density at radius 2 is 1.45 bits per heavy atom. The lowest BCUT2D eigenvalue weighted by molar-refractivity contribution is -0.140. The van der Waals surface area contributed by atoms with E-state index in [4.69, 9.17) is 0 Å². The minimum absolute atomic E-state index is 0.0466. The first-order valence-corrected chi connectivity index (χ1v) is 11.7. The summed E-state index contributed by atoms with van der Waals surface area (Å²) in [7, 11) is 0. The van der Waals surface area contributed by atoms with Crippen LogP contribution in [0.25, 0.3) is 0 Å². The monoisotopic (exact) mass is 442 g/mol. The second-order valence-corrected chi connectivity index (χ2v) is 8.60. The van der Waals surface area contributed by atoms with E-state index in [-0.39, 0.29) is 18.2 Å². The van der Waals surface area contributed by atoms with Crippen molar-refractivity contribution in [2.75, 3.05) is 6.54 Å². The highest BCUT2D eigenvalue weighted by molar-refractivity contribution is 5.88. The molecule has 0 aromatic heterocycles. The van der Waals surface area contributed by atoms with Gasteiger partial charge < -0.3 is 10.2 Å². The van der Waals surface area contributed by atoms with Gasteiger partial charge in [0, 0.05) is 19.5 Å². The quantitative estimate of drug-likeness (QED) is 0.480. The molecular weight excluding hydrogens is 408 g/mol. The largest absolute Gasteiger partial charge is 0.354 e. The van der Waals surface area contributed by atoms with Gasteiger partial charge in [-0.3, -0.25) is 9.59 Å². The van der Waals surface area contributed by atoms with Crippen molar-refractivity contribution in [3.63, 3.8) is 0 Å². The molecule has 0 saturated carbocycles. The summed E-state index contributed by atoms with van der Waals surface area (Å²) in [5.41, 5.74) is 5.37. The fourth-order valence-corrected chi connectivity index (χ4v) is 3.89. The maximum atomic E-state index is 13.7. The highest BCUT2D eigenvalue weighted by Crippen LogP contribution is 2.18. The summed E-state index contributed by atoms with van der Waals surface area (Å²) in [6.45, 7) is 7.13. The van der Waals surface area contributed by atoms with Crippen molar-refractivity contribution in [1.29, 1.82) is 0 Å². The van der Waals surface area contributed by atoms with Gasteiger partial charge in [-0.15, -0.1) is 0 Å². The van der Waals surface area contributed by atoms with Crippen molar-refractivity contribution in [2.24, 2.45) is 0 Å². The molecule has 0 spiro atoms. The molecule has 0 heterocycles. The minimum Gasteiger partial charge on any atom is -0.354 e. The summed E-state index contributed by atoms with van der Waals surface area (Å²) < 4.78 is 0. The van der Waals surface area contributed by atoms with Gasteiger partial charge in [-0.05, 0) is 48.1 Å². The number of hydrogen-bond acceptors (Lipinski definition) is 2. The summed E-state index contributed by atoms with van der Waals surface area (Å²) in [4.78, 5) is 28.7. The molecule has 0 aliphatic rings. The van der Waals surface area contributed by atoms with E-state index in [1.807, 2.05) is 73.7 Å². The average Bonchev–Trinajstić information content (AvgIpc) is 2.83. The van der Waals surface area contributed by atoms with Gasteiger partial charge in [-0.1, -0.05) is 85.8 Å². The SMILES string of the molecule is CCCNC(=O)[C@H](Cc1ccccc1)N(Cc1ccccc1)C(=O)Cc1ccc(C)c(C)c1. The number of benzene rings is 3. The number of amides is 2. The molecule has 2 amide bonds. The normalized spacial score (nSPS) is 11.6. The van der Waals surface area contributed by atoms with E-state index < -0.39 is 6.04 Å². The highest BCUT2D eigenvalue weighted by Gasteiger charge is 2.30. The number of aryl methyl sites for hydroxylation is 2. The molecule has 3 aromatic rings. The van der Waals surface area contributed by atoms with E-state index in [9.17, 15) is 9.59 Å². The summed E-state index contributed by atoms with van der Waals surface area (Å²) in [5, 5.41) is 3.02. The fourth-order valence-electron chi connectivity index (χ4n) is 3.89. The number of nitrogens with one attached hydrogen (secondary N) is 1.